The molecule has 2 saturated carbocycles. The van der Waals surface area contributed by atoms with Crippen molar-refractivity contribution in [3.63, 3.8) is 0 Å². The standard InChI is InChI=1S/C10H17N/c1-2-7-4-8-5-11-6-10(8)9(7)3-1/h7-11H,1-6H2/t7?,8?,9?,10-/m0/s1. The zero-order chi connectivity index (χ0) is 7.26. The van der Waals surface area contributed by atoms with Gasteiger partial charge in [-0.15, -0.1) is 0 Å². The number of hydrogen-bond donors (Lipinski definition) is 1. The summed E-state index contributed by atoms with van der Waals surface area (Å²) in [7, 11) is 0. The molecule has 0 bridgehead atoms. The van der Waals surface area contributed by atoms with Gasteiger partial charge >= 0.3 is 0 Å². The molecule has 0 aromatic rings. The third-order valence-corrected chi connectivity index (χ3v) is 4.27. The molecule has 1 saturated heterocycles. The van der Waals surface area contributed by atoms with E-state index in [0.29, 0.717) is 0 Å². The second-order valence-corrected chi connectivity index (χ2v) is 4.67. The molecule has 1 heterocycles. The highest BCUT2D eigenvalue weighted by molar-refractivity contribution is 4.98. The SMILES string of the molecule is C1CC2CC3CNC[C@@H]3C2C1. The largest absolute Gasteiger partial charge is 0.316 e. The Kier molecular flexibility index (Phi) is 1.31. The lowest BCUT2D eigenvalue weighted by molar-refractivity contribution is 0.352. The molecule has 0 spiro atoms. The Morgan fingerprint density at radius 3 is 2.91 bits per heavy atom. The fourth-order valence-electron chi connectivity index (χ4n) is 3.82. The zero-order valence-electron chi connectivity index (χ0n) is 7.05. The Hall–Kier alpha value is -0.0400. The molecule has 62 valence electrons. The van der Waals surface area contributed by atoms with Crippen molar-refractivity contribution in [3.05, 3.63) is 0 Å². The summed E-state index contributed by atoms with van der Waals surface area (Å²) in [6.45, 7) is 2.67. The smallest absolute Gasteiger partial charge is 0.00145 e. The summed E-state index contributed by atoms with van der Waals surface area (Å²) in [5, 5.41) is 3.54. The summed E-state index contributed by atoms with van der Waals surface area (Å²) >= 11 is 0. The van der Waals surface area contributed by atoms with Gasteiger partial charge in [0.1, 0.15) is 0 Å². The topological polar surface area (TPSA) is 12.0 Å². The lowest BCUT2D eigenvalue weighted by Gasteiger charge is -2.15. The van der Waals surface area contributed by atoms with Gasteiger partial charge < -0.3 is 5.32 Å². The van der Waals surface area contributed by atoms with E-state index in [-0.39, 0.29) is 0 Å². The minimum Gasteiger partial charge on any atom is -0.316 e. The molecular formula is C10H17N. The Balaban J connectivity index is 1.84. The van der Waals surface area contributed by atoms with Crippen LogP contribution in [0.25, 0.3) is 0 Å². The normalized spacial score (nSPS) is 54.5. The van der Waals surface area contributed by atoms with Gasteiger partial charge in [-0.2, -0.15) is 0 Å². The van der Waals surface area contributed by atoms with E-state index in [1.807, 2.05) is 0 Å². The minimum absolute atomic E-state index is 1.07. The van der Waals surface area contributed by atoms with Crippen LogP contribution in [0.5, 0.6) is 0 Å². The van der Waals surface area contributed by atoms with E-state index in [0.717, 1.165) is 23.7 Å². The molecule has 3 aliphatic rings. The van der Waals surface area contributed by atoms with E-state index in [1.54, 1.807) is 19.3 Å². The number of hydrogen-bond acceptors (Lipinski definition) is 1. The predicted molar refractivity (Wildman–Crippen MR) is 45.3 cm³/mol. The number of rotatable bonds is 0. The van der Waals surface area contributed by atoms with Crippen molar-refractivity contribution in [2.24, 2.45) is 23.7 Å². The molecule has 0 aromatic carbocycles. The van der Waals surface area contributed by atoms with Crippen molar-refractivity contribution in [1.29, 1.82) is 0 Å². The minimum atomic E-state index is 1.07. The second kappa shape index (κ2) is 2.22. The van der Waals surface area contributed by atoms with E-state index in [4.69, 9.17) is 0 Å². The Morgan fingerprint density at radius 1 is 0.909 bits per heavy atom. The summed E-state index contributed by atoms with van der Waals surface area (Å²) in [4.78, 5) is 0. The van der Waals surface area contributed by atoms with Gasteiger partial charge in [-0.3, -0.25) is 0 Å². The average Bonchev–Trinajstić information content (AvgIpc) is 2.52. The van der Waals surface area contributed by atoms with Gasteiger partial charge in [0.2, 0.25) is 0 Å². The van der Waals surface area contributed by atoms with Crippen molar-refractivity contribution in [2.75, 3.05) is 13.1 Å². The first-order chi connectivity index (χ1) is 5.45. The van der Waals surface area contributed by atoms with Crippen molar-refractivity contribution in [2.45, 2.75) is 25.7 Å². The molecule has 3 rings (SSSR count). The molecular weight excluding hydrogens is 134 g/mol. The van der Waals surface area contributed by atoms with Crippen LogP contribution in [0.2, 0.25) is 0 Å². The zero-order valence-corrected chi connectivity index (χ0v) is 7.05. The van der Waals surface area contributed by atoms with Crippen LogP contribution < -0.4 is 5.32 Å². The molecule has 0 amide bonds. The molecule has 1 N–H and O–H groups in total. The average molecular weight is 151 g/mol. The molecule has 1 aliphatic heterocycles. The van der Waals surface area contributed by atoms with Crippen LogP contribution in [0.3, 0.4) is 0 Å². The van der Waals surface area contributed by atoms with E-state index in [2.05, 4.69) is 5.32 Å². The van der Waals surface area contributed by atoms with Crippen molar-refractivity contribution < 1.29 is 0 Å². The first kappa shape index (κ1) is 6.47. The summed E-state index contributed by atoms with van der Waals surface area (Å²) in [5.41, 5.74) is 0. The molecule has 1 nitrogen and oxygen atoms in total. The maximum Gasteiger partial charge on any atom is -0.00145 e. The van der Waals surface area contributed by atoms with Gasteiger partial charge in [-0.1, -0.05) is 12.8 Å². The van der Waals surface area contributed by atoms with Gasteiger partial charge in [0.25, 0.3) is 0 Å². The van der Waals surface area contributed by atoms with Crippen LogP contribution >= 0.6 is 0 Å². The highest BCUT2D eigenvalue weighted by Gasteiger charge is 2.46. The lowest BCUT2D eigenvalue weighted by atomic mass is 9.90. The second-order valence-electron chi connectivity index (χ2n) is 4.67. The van der Waals surface area contributed by atoms with Crippen LogP contribution in [0, 0.1) is 23.7 Å². The quantitative estimate of drug-likeness (QED) is 0.555. The maximum absolute atomic E-state index is 3.54. The lowest BCUT2D eigenvalue weighted by Crippen LogP contribution is -2.16. The Morgan fingerprint density at radius 2 is 1.91 bits per heavy atom. The molecule has 4 atom stereocenters. The fourth-order valence-corrected chi connectivity index (χ4v) is 3.82. The monoisotopic (exact) mass is 151 g/mol. The van der Waals surface area contributed by atoms with Crippen molar-refractivity contribution in [3.8, 4) is 0 Å². The van der Waals surface area contributed by atoms with Crippen LogP contribution in [0.1, 0.15) is 25.7 Å². The summed E-state index contributed by atoms with van der Waals surface area (Å²) in [5.74, 6) is 4.44. The summed E-state index contributed by atoms with van der Waals surface area (Å²) in [6.07, 6.45) is 6.19. The van der Waals surface area contributed by atoms with Gasteiger partial charge in [-0.05, 0) is 49.6 Å². The Labute approximate surface area is 68.6 Å². The van der Waals surface area contributed by atoms with Crippen LogP contribution in [-0.2, 0) is 0 Å². The van der Waals surface area contributed by atoms with E-state index in [1.165, 1.54) is 19.5 Å². The number of fused-ring (bicyclic) bond motifs is 3. The molecule has 0 radical (unpaired) electrons. The molecule has 3 unspecified atom stereocenters. The third-order valence-electron chi connectivity index (χ3n) is 4.27. The molecule has 3 fully saturated rings. The van der Waals surface area contributed by atoms with Gasteiger partial charge in [0.15, 0.2) is 0 Å². The molecule has 2 aliphatic carbocycles. The summed E-state index contributed by atoms with van der Waals surface area (Å²) < 4.78 is 0. The van der Waals surface area contributed by atoms with Crippen molar-refractivity contribution in [1.82, 2.24) is 5.32 Å². The van der Waals surface area contributed by atoms with Gasteiger partial charge in [0, 0.05) is 0 Å². The first-order valence-electron chi connectivity index (χ1n) is 5.16. The van der Waals surface area contributed by atoms with Gasteiger partial charge in [-0.25, -0.2) is 0 Å². The molecule has 11 heavy (non-hydrogen) atoms. The first-order valence-corrected chi connectivity index (χ1v) is 5.16. The summed E-state index contributed by atoms with van der Waals surface area (Å²) in [6, 6.07) is 0. The van der Waals surface area contributed by atoms with Crippen molar-refractivity contribution >= 4 is 0 Å². The van der Waals surface area contributed by atoms with Crippen LogP contribution in [0.4, 0.5) is 0 Å². The number of nitrogens with one attached hydrogen (secondary N) is 1. The third kappa shape index (κ3) is 0.807. The van der Waals surface area contributed by atoms with Crippen LogP contribution in [-0.4, -0.2) is 13.1 Å². The van der Waals surface area contributed by atoms with Crippen LogP contribution in [0.15, 0.2) is 0 Å². The molecule has 1 heteroatoms. The maximum atomic E-state index is 3.54. The van der Waals surface area contributed by atoms with Gasteiger partial charge in [0.05, 0.1) is 0 Å². The van der Waals surface area contributed by atoms with E-state index < -0.39 is 0 Å². The predicted octanol–water partition coefficient (Wildman–Crippen LogP) is 1.64. The van der Waals surface area contributed by atoms with E-state index >= 15 is 0 Å². The highest BCUT2D eigenvalue weighted by Crippen LogP contribution is 2.51. The highest BCUT2D eigenvalue weighted by atomic mass is 14.9. The van der Waals surface area contributed by atoms with E-state index in [9.17, 15) is 0 Å². The Bertz CT molecular complexity index is 148. The fraction of sp³-hybridized carbons (Fsp3) is 1.00. The molecule has 0 aromatic heterocycles.